The van der Waals surface area contributed by atoms with Crippen LogP contribution >= 0.6 is 22.9 Å². The molecule has 0 unspecified atom stereocenters. The van der Waals surface area contributed by atoms with Gasteiger partial charge in [0.1, 0.15) is 5.01 Å². The smallest absolute Gasteiger partial charge is 0.239 e. The fourth-order valence-electron chi connectivity index (χ4n) is 2.88. The number of benzene rings is 1. The minimum atomic E-state index is -0.0875. The van der Waals surface area contributed by atoms with Crippen molar-refractivity contribution in [2.45, 2.75) is 32.4 Å². The second-order valence-electron chi connectivity index (χ2n) is 5.96. The largest absolute Gasteiger partial charge is 0.344 e. The van der Waals surface area contributed by atoms with Crippen LogP contribution in [0.5, 0.6) is 0 Å². The van der Waals surface area contributed by atoms with Crippen molar-refractivity contribution >= 4 is 28.8 Å². The number of carbonyl (C=O) groups is 1. The molecule has 23 heavy (non-hydrogen) atoms. The molecule has 3 rings (SSSR count). The summed E-state index contributed by atoms with van der Waals surface area (Å²) < 4.78 is 0. The Bertz CT molecular complexity index is 713. The Morgan fingerprint density at radius 1 is 1.39 bits per heavy atom. The number of nitrogens with one attached hydrogen (secondary N) is 1. The summed E-state index contributed by atoms with van der Waals surface area (Å²) in [5, 5.41) is 5.16. The molecule has 1 aliphatic rings. The lowest BCUT2D eigenvalue weighted by molar-refractivity contribution is -0.128. The van der Waals surface area contributed by atoms with E-state index in [2.05, 4.69) is 17.2 Å². The van der Waals surface area contributed by atoms with E-state index in [1.165, 1.54) is 4.88 Å². The molecule has 0 spiro atoms. The summed E-state index contributed by atoms with van der Waals surface area (Å²) in [6, 6.07) is 7.74. The highest BCUT2D eigenvalue weighted by molar-refractivity contribution is 7.15. The summed E-state index contributed by atoms with van der Waals surface area (Å²) in [7, 11) is 1.85. The van der Waals surface area contributed by atoms with Gasteiger partial charge in [-0.2, -0.15) is 0 Å². The van der Waals surface area contributed by atoms with Crippen LogP contribution in [0.1, 0.15) is 30.0 Å². The number of amides is 1. The van der Waals surface area contributed by atoms with Crippen LogP contribution in [0, 0.1) is 6.92 Å². The maximum atomic E-state index is 12.1. The van der Waals surface area contributed by atoms with Gasteiger partial charge in [0, 0.05) is 35.1 Å². The van der Waals surface area contributed by atoms with E-state index in [9.17, 15) is 4.79 Å². The molecule has 2 atom stereocenters. The lowest BCUT2D eigenvalue weighted by atomic mass is 10.2. The number of carbonyl (C=O) groups excluding carboxylic acids is 1. The number of likely N-dealkylation sites (N-methyl/N-ethyl adjacent to an activating group) is 1. The molecular weight excluding hydrogens is 330 g/mol. The van der Waals surface area contributed by atoms with Gasteiger partial charge in [0.25, 0.3) is 0 Å². The van der Waals surface area contributed by atoms with Gasteiger partial charge in [0.15, 0.2) is 0 Å². The molecule has 1 amide bonds. The predicted octanol–water partition coefficient (Wildman–Crippen LogP) is 3.65. The fraction of sp³-hybridized carbons (Fsp3) is 0.412. The zero-order chi connectivity index (χ0) is 16.6. The second kappa shape index (κ2) is 6.59. The Hall–Kier alpha value is -1.43. The van der Waals surface area contributed by atoms with Crippen molar-refractivity contribution in [3.8, 4) is 10.6 Å². The number of likely N-dealkylation sites (tertiary alicyclic amines) is 1. The Morgan fingerprint density at radius 2 is 2.09 bits per heavy atom. The van der Waals surface area contributed by atoms with Crippen molar-refractivity contribution in [2.24, 2.45) is 0 Å². The monoisotopic (exact) mass is 349 g/mol. The number of rotatable bonds is 4. The van der Waals surface area contributed by atoms with Gasteiger partial charge < -0.3 is 4.90 Å². The van der Waals surface area contributed by atoms with E-state index in [1.54, 1.807) is 16.2 Å². The molecule has 1 saturated heterocycles. The first-order valence-corrected chi connectivity index (χ1v) is 8.89. The van der Waals surface area contributed by atoms with Crippen LogP contribution in [0.15, 0.2) is 24.3 Å². The molecule has 0 aliphatic carbocycles. The van der Waals surface area contributed by atoms with E-state index in [-0.39, 0.29) is 18.0 Å². The van der Waals surface area contributed by atoms with E-state index in [4.69, 9.17) is 11.6 Å². The number of hydrogen-bond acceptors (Lipinski definition) is 4. The molecule has 1 N–H and O–H groups in total. The number of thiazole rings is 1. The first kappa shape index (κ1) is 16.4. The molecule has 122 valence electrons. The molecule has 1 aromatic carbocycles. The van der Waals surface area contributed by atoms with Gasteiger partial charge in [-0.15, -0.1) is 11.3 Å². The fourth-order valence-corrected chi connectivity index (χ4v) is 4.09. The van der Waals surface area contributed by atoms with Crippen molar-refractivity contribution in [2.75, 3.05) is 13.6 Å². The summed E-state index contributed by atoms with van der Waals surface area (Å²) in [6.07, 6.45) is 0.863. The van der Waals surface area contributed by atoms with Gasteiger partial charge in [-0.1, -0.05) is 23.7 Å². The van der Waals surface area contributed by atoms with Crippen molar-refractivity contribution in [3.63, 3.8) is 0 Å². The summed E-state index contributed by atoms with van der Waals surface area (Å²) in [5.74, 6) is 0.178. The third-order valence-corrected chi connectivity index (χ3v) is 5.84. The molecule has 4 nitrogen and oxygen atoms in total. The molecular formula is C17H20ClN3OS. The van der Waals surface area contributed by atoms with Gasteiger partial charge in [-0.25, -0.2) is 4.98 Å². The van der Waals surface area contributed by atoms with E-state index in [0.29, 0.717) is 0 Å². The quantitative estimate of drug-likeness (QED) is 0.916. The highest BCUT2D eigenvalue weighted by Crippen LogP contribution is 2.32. The number of nitrogens with zero attached hydrogens (tertiary/aromatic N) is 2. The molecule has 1 aliphatic heterocycles. The van der Waals surface area contributed by atoms with E-state index >= 15 is 0 Å². The van der Waals surface area contributed by atoms with Gasteiger partial charge >= 0.3 is 0 Å². The van der Waals surface area contributed by atoms with Crippen molar-refractivity contribution < 1.29 is 4.79 Å². The number of aromatic nitrogens is 1. The third-order valence-electron chi connectivity index (χ3n) is 4.20. The van der Waals surface area contributed by atoms with E-state index in [0.717, 1.165) is 34.3 Å². The van der Waals surface area contributed by atoms with Crippen LogP contribution in [0.4, 0.5) is 0 Å². The van der Waals surface area contributed by atoms with Crippen molar-refractivity contribution in [3.05, 3.63) is 39.9 Å². The maximum Gasteiger partial charge on any atom is 0.239 e. The zero-order valence-corrected chi connectivity index (χ0v) is 15.0. The van der Waals surface area contributed by atoms with Gasteiger partial charge in [-0.05, 0) is 32.4 Å². The standard InChI is InChI=1S/C17H20ClN3OS/c1-10(19-14-8-9-21(3)17(14)22)15-11(2)20-16(23-15)12-4-6-13(18)7-5-12/h4-7,10,14,19H,8-9H2,1-3H3/t10-,14-/m0/s1. The Morgan fingerprint density at radius 3 is 2.70 bits per heavy atom. The average molecular weight is 350 g/mol. The van der Waals surface area contributed by atoms with Crippen LogP contribution < -0.4 is 5.32 Å². The molecule has 1 fully saturated rings. The first-order valence-electron chi connectivity index (χ1n) is 7.70. The second-order valence-corrected chi connectivity index (χ2v) is 7.43. The summed E-state index contributed by atoms with van der Waals surface area (Å²) in [4.78, 5) is 19.7. The maximum absolute atomic E-state index is 12.1. The van der Waals surface area contributed by atoms with E-state index < -0.39 is 0 Å². The Balaban J connectivity index is 1.78. The van der Waals surface area contributed by atoms with Crippen LogP contribution in [0.2, 0.25) is 5.02 Å². The van der Waals surface area contributed by atoms with Crippen LogP contribution in [-0.4, -0.2) is 35.4 Å². The molecule has 0 radical (unpaired) electrons. The van der Waals surface area contributed by atoms with Gasteiger partial charge in [-0.3, -0.25) is 10.1 Å². The minimum absolute atomic E-state index is 0.0875. The van der Waals surface area contributed by atoms with Crippen LogP contribution in [0.3, 0.4) is 0 Å². The summed E-state index contributed by atoms with van der Waals surface area (Å²) >= 11 is 7.61. The van der Waals surface area contributed by atoms with E-state index in [1.807, 2.05) is 38.2 Å². The molecule has 0 bridgehead atoms. The van der Waals surface area contributed by atoms with Crippen molar-refractivity contribution in [1.82, 2.24) is 15.2 Å². The molecule has 2 heterocycles. The summed E-state index contributed by atoms with van der Waals surface area (Å²) in [5.41, 5.74) is 2.08. The van der Waals surface area contributed by atoms with Crippen LogP contribution in [0.25, 0.3) is 10.6 Å². The molecule has 6 heteroatoms. The van der Waals surface area contributed by atoms with Crippen LogP contribution in [-0.2, 0) is 4.79 Å². The normalized spacial score (nSPS) is 19.4. The highest BCUT2D eigenvalue weighted by Gasteiger charge is 2.30. The molecule has 2 aromatic rings. The number of hydrogen-bond donors (Lipinski definition) is 1. The number of halogens is 1. The topological polar surface area (TPSA) is 45.2 Å². The third kappa shape index (κ3) is 3.42. The number of aryl methyl sites for hydroxylation is 1. The predicted molar refractivity (Wildman–Crippen MR) is 94.9 cm³/mol. The van der Waals surface area contributed by atoms with Gasteiger partial charge in [0.2, 0.25) is 5.91 Å². The van der Waals surface area contributed by atoms with Gasteiger partial charge in [0.05, 0.1) is 11.7 Å². The Kier molecular flexibility index (Phi) is 4.71. The molecule has 1 aromatic heterocycles. The zero-order valence-electron chi connectivity index (χ0n) is 13.5. The first-order chi connectivity index (χ1) is 11.0. The Labute approximate surface area is 145 Å². The average Bonchev–Trinajstić information content (AvgIpc) is 3.06. The highest BCUT2D eigenvalue weighted by atomic mass is 35.5. The molecule has 0 saturated carbocycles. The minimum Gasteiger partial charge on any atom is -0.344 e. The SMILES string of the molecule is Cc1nc(-c2ccc(Cl)cc2)sc1[C@H](C)N[C@H]1CCN(C)C1=O. The van der Waals surface area contributed by atoms with Crippen molar-refractivity contribution in [1.29, 1.82) is 0 Å². The lowest BCUT2D eigenvalue weighted by Gasteiger charge is -2.17. The summed E-state index contributed by atoms with van der Waals surface area (Å²) in [6.45, 7) is 4.94. The lowest BCUT2D eigenvalue weighted by Crippen LogP contribution is -2.38.